The van der Waals surface area contributed by atoms with Crippen molar-refractivity contribution < 1.29 is 19.1 Å². The van der Waals surface area contributed by atoms with Crippen molar-refractivity contribution in [1.29, 1.82) is 0 Å². The number of carbonyl (C=O) groups excluding carboxylic acids is 2. The topological polar surface area (TPSA) is 55.8 Å². The van der Waals surface area contributed by atoms with E-state index in [2.05, 4.69) is 0 Å². The van der Waals surface area contributed by atoms with Crippen LogP contribution in [0, 0.1) is 13.8 Å². The number of benzene rings is 2. The van der Waals surface area contributed by atoms with Gasteiger partial charge >= 0.3 is 0 Å². The van der Waals surface area contributed by atoms with Gasteiger partial charge in [0, 0.05) is 31.0 Å². The van der Waals surface area contributed by atoms with E-state index in [4.69, 9.17) is 32.7 Å². The van der Waals surface area contributed by atoms with Crippen LogP contribution in [0.3, 0.4) is 0 Å². The van der Waals surface area contributed by atoms with Crippen LogP contribution in [0.1, 0.15) is 40.7 Å². The zero-order valence-electron chi connectivity index (χ0n) is 17.0. The molecule has 0 N–H and O–H groups in total. The van der Waals surface area contributed by atoms with E-state index in [9.17, 15) is 9.59 Å². The van der Waals surface area contributed by atoms with Gasteiger partial charge in [0.2, 0.25) is 0 Å². The second-order valence-corrected chi connectivity index (χ2v) is 8.91. The highest BCUT2D eigenvalue weighted by Gasteiger charge is 2.43. The van der Waals surface area contributed by atoms with Gasteiger partial charge in [0.1, 0.15) is 17.1 Å². The highest BCUT2D eigenvalue weighted by molar-refractivity contribution is 6.35. The van der Waals surface area contributed by atoms with Crippen LogP contribution in [-0.2, 0) is 4.79 Å². The van der Waals surface area contributed by atoms with Gasteiger partial charge in [-0.15, -0.1) is 0 Å². The Bertz CT molecular complexity index is 1010. The molecule has 2 heterocycles. The minimum Gasteiger partial charge on any atom is -0.486 e. The minimum absolute atomic E-state index is 0.102. The molecule has 4 rings (SSSR count). The molecule has 7 heteroatoms. The summed E-state index contributed by atoms with van der Waals surface area (Å²) in [6.45, 7) is 4.94. The van der Waals surface area contributed by atoms with Crippen LogP contribution in [0.5, 0.6) is 11.5 Å². The number of ketones is 1. The maximum Gasteiger partial charge on any atom is 0.260 e. The molecule has 30 heavy (non-hydrogen) atoms. The number of ether oxygens (including phenoxy) is 2. The molecule has 1 spiro atoms. The standard InChI is InChI=1S/C23H23Cl2NO4/c1-14-9-17-19(27)12-23(30-21(17)10-15(14)2)5-7-26(8-6-23)22(28)13-29-20-4-3-16(24)11-18(20)25/h3-4,9-11H,5-8,12-13H2,1-2H3. The van der Waals surface area contributed by atoms with Crippen molar-refractivity contribution in [2.24, 2.45) is 0 Å². The second kappa shape index (κ2) is 8.12. The van der Waals surface area contributed by atoms with Crippen molar-refractivity contribution >= 4 is 34.9 Å². The fourth-order valence-electron chi connectivity index (χ4n) is 4.01. The number of hydrogen-bond donors (Lipinski definition) is 0. The predicted molar refractivity (Wildman–Crippen MR) is 116 cm³/mol. The molecule has 0 aromatic heterocycles. The lowest BCUT2D eigenvalue weighted by Crippen LogP contribution is -2.53. The smallest absolute Gasteiger partial charge is 0.260 e. The minimum atomic E-state index is -0.539. The van der Waals surface area contributed by atoms with Crippen molar-refractivity contribution in [2.45, 2.75) is 38.7 Å². The Morgan fingerprint density at radius 2 is 1.83 bits per heavy atom. The summed E-state index contributed by atoms with van der Waals surface area (Å²) in [6.07, 6.45) is 1.57. The lowest BCUT2D eigenvalue weighted by atomic mass is 9.82. The third-order valence-corrected chi connectivity index (χ3v) is 6.51. The molecule has 2 aromatic rings. The monoisotopic (exact) mass is 447 g/mol. The fourth-order valence-corrected chi connectivity index (χ4v) is 4.48. The molecule has 1 saturated heterocycles. The van der Waals surface area contributed by atoms with Gasteiger partial charge in [-0.25, -0.2) is 0 Å². The molecule has 0 radical (unpaired) electrons. The number of halogens is 2. The quantitative estimate of drug-likeness (QED) is 0.662. The zero-order chi connectivity index (χ0) is 21.5. The van der Waals surface area contributed by atoms with E-state index in [-0.39, 0.29) is 18.3 Å². The van der Waals surface area contributed by atoms with Crippen molar-refractivity contribution in [1.82, 2.24) is 4.90 Å². The van der Waals surface area contributed by atoms with Crippen LogP contribution in [0.2, 0.25) is 10.0 Å². The summed E-state index contributed by atoms with van der Waals surface area (Å²) < 4.78 is 11.9. The maximum atomic E-state index is 12.8. The van der Waals surface area contributed by atoms with Gasteiger partial charge in [-0.1, -0.05) is 23.2 Å². The van der Waals surface area contributed by atoms with Gasteiger partial charge in [-0.2, -0.15) is 0 Å². The first kappa shape index (κ1) is 21.0. The largest absolute Gasteiger partial charge is 0.486 e. The zero-order valence-corrected chi connectivity index (χ0v) is 18.5. The van der Waals surface area contributed by atoms with Gasteiger partial charge in [-0.05, 0) is 55.3 Å². The van der Waals surface area contributed by atoms with E-state index in [0.29, 0.717) is 59.5 Å². The van der Waals surface area contributed by atoms with Gasteiger partial charge in [0.15, 0.2) is 12.4 Å². The Labute approximate surface area is 185 Å². The number of nitrogens with zero attached hydrogens (tertiary/aromatic N) is 1. The number of Topliss-reactive ketones (excluding diaryl/α,β-unsaturated/α-hetero) is 1. The normalized spacial score (nSPS) is 17.5. The Kier molecular flexibility index (Phi) is 5.69. The SMILES string of the molecule is Cc1cc2c(cc1C)C(=O)CC1(CCN(C(=O)COc3ccc(Cl)cc3Cl)CC1)O2. The maximum absolute atomic E-state index is 12.8. The number of fused-ring (bicyclic) bond motifs is 1. The van der Waals surface area contributed by atoms with E-state index < -0.39 is 5.60 Å². The van der Waals surface area contributed by atoms with Gasteiger partial charge < -0.3 is 14.4 Å². The summed E-state index contributed by atoms with van der Waals surface area (Å²) in [6, 6.07) is 8.75. The first-order valence-electron chi connectivity index (χ1n) is 9.95. The summed E-state index contributed by atoms with van der Waals surface area (Å²) in [5.41, 5.74) is 2.31. The van der Waals surface area contributed by atoms with Gasteiger partial charge in [0.25, 0.3) is 5.91 Å². The molecule has 2 aliphatic heterocycles. The van der Waals surface area contributed by atoms with Crippen LogP contribution in [0.15, 0.2) is 30.3 Å². The summed E-state index contributed by atoms with van der Waals surface area (Å²) >= 11 is 12.0. The molecule has 0 aliphatic carbocycles. The molecule has 1 fully saturated rings. The second-order valence-electron chi connectivity index (χ2n) is 8.06. The summed E-state index contributed by atoms with van der Waals surface area (Å²) in [4.78, 5) is 27.1. The van der Waals surface area contributed by atoms with Gasteiger partial charge in [-0.3, -0.25) is 9.59 Å². The molecule has 0 saturated carbocycles. The van der Waals surface area contributed by atoms with Crippen molar-refractivity contribution in [3.8, 4) is 11.5 Å². The van der Waals surface area contributed by atoms with Gasteiger partial charge in [0.05, 0.1) is 17.0 Å². The molecule has 2 aromatic carbocycles. The molecular weight excluding hydrogens is 425 g/mol. The lowest BCUT2D eigenvalue weighted by molar-refractivity contribution is -0.136. The number of aryl methyl sites for hydroxylation is 2. The molecule has 0 bridgehead atoms. The first-order chi connectivity index (χ1) is 14.3. The number of likely N-dealkylation sites (tertiary alicyclic amines) is 1. The van der Waals surface area contributed by atoms with Crippen LogP contribution in [0.25, 0.3) is 0 Å². The fraction of sp³-hybridized carbons (Fsp3) is 0.391. The number of amides is 1. The highest BCUT2D eigenvalue weighted by Crippen LogP contribution is 2.40. The summed E-state index contributed by atoms with van der Waals surface area (Å²) in [5.74, 6) is 1.07. The molecule has 2 aliphatic rings. The van der Waals surface area contributed by atoms with E-state index in [1.807, 2.05) is 26.0 Å². The number of piperidine rings is 1. The average molecular weight is 448 g/mol. The Morgan fingerprint density at radius 3 is 2.53 bits per heavy atom. The Hall–Kier alpha value is -2.24. The van der Waals surface area contributed by atoms with E-state index in [1.54, 1.807) is 23.1 Å². The average Bonchev–Trinajstić information content (AvgIpc) is 2.69. The summed E-state index contributed by atoms with van der Waals surface area (Å²) in [7, 11) is 0. The Morgan fingerprint density at radius 1 is 1.13 bits per heavy atom. The summed E-state index contributed by atoms with van der Waals surface area (Å²) in [5, 5.41) is 0.875. The van der Waals surface area contributed by atoms with E-state index in [0.717, 1.165) is 11.1 Å². The number of hydrogen-bond acceptors (Lipinski definition) is 4. The molecule has 0 atom stereocenters. The van der Waals surface area contributed by atoms with Crippen molar-refractivity contribution in [3.05, 3.63) is 57.1 Å². The van der Waals surface area contributed by atoms with Crippen LogP contribution < -0.4 is 9.47 Å². The molecule has 0 unspecified atom stereocenters. The van der Waals surface area contributed by atoms with Crippen molar-refractivity contribution in [2.75, 3.05) is 19.7 Å². The molecule has 1 amide bonds. The number of rotatable bonds is 3. The number of carbonyl (C=O) groups is 2. The third-order valence-electron chi connectivity index (χ3n) is 5.98. The van der Waals surface area contributed by atoms with Crippen LogP contribution in [0.4, 0.5) is 0 Å². The lowest BCUT2D eigenvalue weighted by Gasteiger charge is -2.44. The van der Waals surface area contributed by atoms with E-state index >= 15 is 0 Å². The molecule has 158 valence electrons. The molecule has 5 nitrogen and oxygen atoms in total. The van der Waals surface area contributed by atoms with Crippen LogP contribution in [-0.4, -0.2) is 41.9 Å². The van der Waals surface area contributed by atoms with Crippen molar-refractivity contribution in [3.63, 3.8) is 0 Å². The first-order valence-corrected chi connectivity index (χ1v) is 10.7. The Balaban J connectivity index is 1.38. The predicted octanol–water partition coefficient (Wildman–Crippen LogP) is 5.02. The highest BCUT2D eigenvalue weighted by atomic mass is 35.5. The molecular formula is C23H23Cl2NO4. The third kappa shape index (κ3) is 4.14. The van der Waals surface area contributed by atoms with Crippen LogP contribution >= 0.6 is 23.2 Å². The van der Waals surface area contributed by atoms with E-state index in [1.165, 1.54) is 0 Å².